The molecule has 0 spiro atoms. The minimum absolute atomic E-state index is 0. The average Bonchev–Trinajstić information content (AvgIpc) is 0.811. The van der Waals surface area contributed by atoms with E-state index in [0.717, 1.165) is 0 Å². The third kappa shape index (κ3) is 3110. The molecule has 0 aromatic heterocycles. The molecule has 96 valence electrons. The van der Waals surface area contributed by atoms with E-state index < -0.39 is 5.09 Å². The van der Waals surface area contributed by atoms with E-state index in [-0.39, 0.29) is 66.6 Å². The van der Waals surface area contributed by atoms with E-state index in [0.29, 0.717) is 0 Å². The van der Waals surface area contributed by atoms with E-state index in [1.54, 1.807) is 0 Å². The Morgan fingerprint density at radius 1 is 0.643 bits per heavy atom. The standard InChI is InChI=1S/Al.NO3.9H2O/c;2-1(3)4;;;;;;;;;/h;;9*1H2/q+3;-1;;;;;;;;;/p-2. The van der Waals surface area contributed by atoms with E-state index in [2.05, 4.69) is 0 Å². The summed E-state index contributed by atoms with van der Waals surface area (Å²) in [7, 11) is 0. The fraction of sp³-hybridized carbons (Fsp3) is 0. The summed E-state index contributed by atoms with van der Waals surface area (Å²) in [4.78, 5) is 8.25. The maximum Gasteiger partial charge on any atom is 3.00 e. The van der Waals surface area contributed by atoms with Gasteiger partial charge in [0.05, 0.1) is 5.09 Å². The molecule has 0 saturated heterocycles. The summed E-state index contributed by atoms with van der Waals surface area (Å²) in [5.41, 5.74) is 0. The van der Waals surface area contributed by atoms with E-state index >= 15 is 0 Å². The molecule has 0 bridgehead atoms. The van der Waals surface area contributed by atoms with Crippen molar-refractivity contribution in [2.75, 3.05) is 0 Å². The van der Waals surface area contributed by atoms with Crippen LogP contribution in [0.2, 0.25) is 0 Å². The van der Waals surface area contributed by atoms with Gasteiger partial charge in [0.25, 0.3) is 0 Å². The number of hydrogen-bond acceptors (Lipinski definition) is 5. The monoisotopic (exact) mass is 249 g/mol. The van der Waals surface area contributed by atoms with Crippen molar-refractivity contribution in [1.82, 2.24) is 0 Å². The largest absolute Gasteiger partial charge is 3.00 e. The molecule has 0 amide bonds. The van der Waals surface area contributed by atoms with Gasteiger partial charge >= 0.3 is 17.4 Å². The molecule has 16 N–H and O–H groups in total. The minimum Gasteiger partial charge on any atom is -0.870 e. The number of hydrogen-bond donors (Lipinski definition) is 0. The molecule has 0 radical (unpaired) electrons. The molecule has 0 atom stereocenters. The van der Waals surface area contributed by atoms with Gasteiger partial charge in [0.15, 0.2) is 0 Å². The average molecular weight is 249 g/mol. The predicted molar refractivity (Wildman–Crippen MR) is 45.3 cm³/mol. The molecule has 13 nitrogen and oxygen atoms in total. The first kappa shape index (κ1) is 364. The third-order valence-electron chi connectivity index (χ3n) is 0. The second-order valence-electron chi connectivity index (χ2n) is 0.224. The Hall–Kier alpha value is -0.628. The summed E-state index contributed by atoms with van der Waals surface area (Å²) in [6.45, 7) is 0. The summed E-state index contributed by atoms with van der Waals surface area (Å²) in [5, 5.41) is 14.8. The van der Waals surface area contributed by atoms with Gasteiger partial charge in [-0.1, -0.05) is 0 Å². The first-order valence-corrected chi connectivity index (χ1v) is 0.548. The van der Waals surface area contributed by atoms with Crippen molar-refractivity contribution >= 4 is 17.4 Å². The van der Waals surface area contributed by atoms with Gasteiger partial charge in [-0.3, -0.25) is 0 Å². The van der Waals surface area contributed by atoms with E-state index in [4.69, 9.17) is 15.3 Å². The van der Waals surface area contributed by atoms with Crippen LogP contribution in [0.4, 0.5) is 0 Å². The van der Waals surface area contributed by atoms with Crippen molar-refractivity contribution in [3.05, 3.63) is 15.3 Å². The minimum atomic E-state index is -1.75. The fourth-order valence-electron chi connectivity index (χ4n) is 0. The van der Waals surface area contributed by atoms with Crippen LogP contribution in [0.1, 0.15) is 0 Å². The Morgan fingerprint density at radius 2 is 0.643 bits per heavy atom. The van der Waals surface area contributed by atoms with Crippen molar-refractivity contribution in [2.24, 2.45) is 0 Å². The molecular weight excluding hydrogens is 233 g/mol. The molecule has 0 saturated carbocycles. The van der Waals surface area contributed by atoms with Gasteiger partial charge in [-0.25, -0.2) is 0 Å². The summed E-state index contributed by atoms with van der Waals surface area (Å²) >= 11 is 0. The van der Waals surface area contributed by atoms with Crippen LogP contribution < -0.4 is 0 Å². The number of rotatable bonds is 0. The van der Waals surface area contributed by atoms with Crippen LogP contribution in [0.25, 0.3) is 0 Å². The summed E-state index contributed by atoms with van der Waals surface area (Å²) in [5.74, 6) is 0. The fourth-order valence-corrected chi connectivity index (χ4v) is 0. The first-order chi connectivity index (χ1) is 1.73. The predicted octanol–water partition coefficient (Wildman–Crippen LogP) is -6.75. The molecule has 0 aromatic rings. The van der Waals surface area contributed by atoms with Crippen LogP contribution in [0.15, 0.2) is 0 Å². The van der Waals surface area contributed by atoms with Gasteiger partial charge in [0.1, 0.15) is 0 Å². The summed E-state index contributed by atoms with van der Waals surface area (Å²) in [6.07, 6.45) is 0. The molecule has 0 aromatic carbocycles. The molecule has 0 aliphatic heterocycles. The van der Waals surface area contributed by atoms with Crippen molar-refractivity contribution < 1.29 is 54.4 Å². The summed E-state index contributed by atoms with van der Waals surface area (Å²) < 4.78 is 0. The van der Waals surface area contributed by atoms with Gasteiger partial charge in [-0.15, -0.1) is 0 Å². The van der Waals surface area contributed by atoms with Gasteiger partial charge in [0, 0.05) is 0 Å². The van der Waals surface area contributed by atoms with Gasteiger partial charge < -0.3 is 64.6 Å². The van der Waals surface area contributed by atoms with E-state index in [1.165, 1.54) is 0 Å². The Kier molecular flexibility index (Phi) is 7390. The van der Waals surface area contributed by atoms with E-state index in [1.807, 2.05) is 0 Å². The van der Waals surface area contributed by atoms with Gasteiger partial charge in [-0.05, 0) is 0 Å². The summed E-state index contributed by atoms with van der Waals surface area (Å²) in [6, 6.07) is 0. The second kappa shape index (κ2) is 284. The molecule has 0 aliphatic carbocycles. The zero-order valence-corrected chi connectivity index (χ0v) is 7.80. The molecule has 0 rings (SSSR count). The Morgan fingerprint density at radius 3 is 0.643 bits per heavy atom. The SMILES string of the molecule is O.O.O.O.O.O.O.O=[N+]([O-])[O-].[Al+3].[OH-].[OH-]. The Labute approximate surface area is 88.0 Å². The van der Waals surface area contributed by atoms with Crippen LogP contribution in [0.5, 0.6) is 0 Å². The Balaban J connectivity index is -0.000000001000. The maximum absolute atomic E-state index is 8.25. The molecule has 0 heterocycles. The zero-order chi connectivity index (χ0) is 3.58. The van der Waals surface area contributed by atoms with E-state index in [9.17, 15) is 0 Å². The second-order valence-corrected chi connectivity index (χ2v) is 0.224. The molecule has 0 unspecified atom stereocenters. The van der Waals surface area contributed by atoms with Crippen LogP contribution in [-0.4, -0.2) is 71.7 Å². The smallest absolute Gasteiger partial charge is 0.870 e. The van der Waals surface area contributed by atoms with Crippen molar-refractivity contribution in [3.63, 3.8) is 0 Å². The molecular formula is H16AlNO12. The normalized spacial score (nSPS) is 1.71. The van der Waals surface area contributed by atoms with Gasteiger partial charge in [-0.2, -0.15) is 0 Å². The quantitative estimate of drug-likeness (QED) is 0.228. The third-order valence-corrected chi connectivity index (χ3v) is 0. The van der Waals surface area contributed by atoms with Crippen LogP contribution >= 0.6 is 0 Å². The van der Waals surface area contributed by atoms with Crippen LogP contribution in [0.3, 0.4) is 0 Å². The number of nitrogens with zero attached hydrogens (tertiary/aromatic N) is 1. The van der Waals surface area contributed by atoms with Crippen molar-refractivity contribution in [2.45, 2.75) is 0 Å². The first-order valence-electron chi connectivity index (χ1n) is 0.548. The zero-order valence-electron chi connectivity index (χ0n) is 6.64. The molecule has 0 fully saturated rings. The topological polar surface area (TPSA) is 347 Å². The molecule has 0 aliphatic rings. The van der Waals surface area contributed by atoms with Crippen LogP contribution in [0, 0.1) is 15.3 Å². The van der Waals surface area contributed by atoms with Gasteiger partial charge in [0.2, 0.25) is 0 Å². The maximum atomic E-state index is 8.25. The van der Waals surface area contributed by atoms with Crippen molar-refractivity contribution in [3.8, 4) is 0 Å². The Bertz CT molecular complexity index is 33.3. The molecule has 14 heteroatoms. The van der Waals surface area contributed by atoms with Crippen molar-refractivity contribution in [1.29, 1.82) is 0 Å². The van der Waals surface area contributed by atoms with Crippen LogP contribution in [-0.2, 0) is 0 Å². The molecule has 14 heavy (non-hydrogen) atoms.